The van der Waals surface area contributed by atoms with Crippen LogP contribution in [0.1, 0.15) is 41.5 Å². The monoisotopic (exact) mass is 744 g/mol. The van der Waals surface area contributed by atoms with Gasteiger partial charge in [0.25, 0.3) is 10.2 Å². The van der Waals surface area contributed by atoms with Crippen molar-refractivity contribution in [3.8, 4) is 6.07 Å². The first-order chi connectivity index (χ1) is 24.2. The number of benzene rings is 1. The summed E-state index contributed by atoms with van der Waals surface area (Å²) < 4.78 is 69.8. The highest BCUT2D eigenvalue weighted by Crippen LogP contribution is 2.44. The fourth-order valence-corrected chi connectivity index (χ4v) is 10.2. The van der Waals surface area contributed by atoms with E-state index in [4.69, 9.17) is 5.73 Å². The number of nitriles is 1. The van der Waals surface area contributed by atoms with Crippen molar-refractivity contribution < 1.29 is 21.6 Å². The van der Waals surface area contributed by atoms with Crippen molar-refractivity contribution in [1.29, 1.82) is 5.26 Å². The van der Waals surface area contributed by atoms with Crippen LogP contribution in [0.2, 0.25) is 0 Å². The first-order valence-electron chi connectivity index (χ1n) is 17.2. The third-order valence-electron chi connectivity index (χ3n) is 11.0. The fourth-order valence-electron chi connectivity index (χ4n) is 8.23. The molecule has 4 aromatic rings. The van der Waals surface area contributed by atoms with E-state index in [0.29, 0.717) is 54.5 Å². The second-order valence-corrected chi connectivity index (χ2v) is 17.3. The smallest absolute Gasteiger partial charge is 0.368 e. The summed E-state index contributed by atoms with van der Waals surface area (Å²) in [5, 5.41) is 11.8. The van der Waals surface area contributed by atoms with Crippen LogP contribution in [0.5, 0.6) is 0 Å². The average molecular weight is 745 g/mol. The summed E-state index contributed by atoms with van der Waals surface area (Å²) in [6.45, 7) is 11.1. The zero-order chi connectivity index (χ0) is 36.3. The van der Waals surface area contributed by atoms with Gasteiger partial charge in [-0.2, -0.15) is 36.1 Å². The Morgan fingerprint density at radius 3 is 2.53 bits per heavy atom. The maximum absolute atomic E-state index is 13.1. The number of likely N-dealkylation sites (tertiary alicyclic amines) is 1. The second-order valence-electron chi connectivity index (χ2n) is 14.3. The van der Waals surface area contributed by atoms with Crippen LogP contribution in [0.25, 0.3) is 21.1 Å². The zero-order valence-corrected chi connectivity index (χ0v) is 30.6. The molecule has 3 N–H and O–H groups in total. The van der Waals surface area contributed by atoms with Crippen molar-refractivity contribution >= 4 is 54.4 Å². The lowest BCUT2D eigenvalue weighted by atomic mass is 9.86. The van der Waals surface area contributed by atoms with Crippen LogP contribution < -0.4 is 15.4 Å². The molecule has 1 spiro atoms. The van der Waals surface area contributed by atoms with Gasteiger partial charge in [0.15, 0.2) is 0 Å². The molecule has 51 heavy (non-hydrogen) atoms. The number of nitrogens with zero attached hydrogens (tertiary/aromatic N) is 8. The van der Waals surface area contributed by atoms with Crippen molar-refractivity contribution in [2.45, 2.75) is 58.4 Å². The molecule has 3 aliphatic heterocycles. The molecule has 274 valence electrons. The Hall–Kier alpha value is -3.53. The quantitative estimate of drug-likeness (QED) is 0.260. The van der Waals surface area contributed by atoms with E-state index < -0.39 is 22.8 Å². The number of aromatic nitrogens is 3. The number of nitrogens with one attached hydrogen (secondary N) is 1. The van der Waals surface area contributed by atoms with E-state index in [1.165, 1.54) is 16.9 Å². The molecule has 3 fully saturated rings. The number of alkyl halides is 3. The van der Waals surface area contributed by atoms with Crippen LogP contribution in [-0.4, -0.2) is 109 Å². The van der Waals surface area contributed by atoms with Crippen LogP contribution >= 0.6 is 11.3 Å². The normalized spacial score (nSPS) is 21.8. The summed E-state index contributed by atoms with van der Waals surface area (Å²) in [6.07, 6.45) is -3.32. The van der Waals surface area contributed by atoms with Crippen molar-refractivity contribution in [2.75, 3.05) is 70.0 Å². The van der Waals surface area contributed by atoms with Gasteiger partial charge in [0.1, 0.15) is 22.4 Å². The molecule has 17 heteroatoms. The third kappa shape index (κ3) is 7.14. The minimum absolute atomic E-state index is 0.0467. The number of anilines is 2. The lowest BCUT2D eigenvalue weighted by molar-refractivity contribution is -0.126. The van der Waals surface area contributed by atoms with Crippen LogP contribution in [0.4, 0.5) is 24.9 Å². The summed E-state index contributed by atoms with van der Waals surface area (Å²) in [4.78, 5) is 16.4. The number of hydrogen-bond donors (Lipinski definition) is 2. The molecule has 6 heterocycles. The molecule has 2 atom stereocenters. The topological polar surface area (TPSA) is 140 Å². The molecule has 0 radical (unpaired) electrons. The van der Waals surface area contributed by atoms with Gasteiger partial charge in [0, 0.05) is 93.2 Å². The summed E-state index contributed by atoms with van der Waals surface area (Å²) in [7, 11) is -2.02. The predicted molar refractivity (Wildman–Crippen MR) is 193 cm³/mol. The van der Waals surface area contributed by atoms with Crippen LogP contribution in [0, 0.1) is 23.7 Å². The van der Waals surface area contributed by atoms with Gasteiger partial charge >= 0.3 is 6.18 Å². The van der Waals surface area contributed by atoms with E-state index in [1.807, 2.05) is 6.07 Å². The Balaban J connectivity index is 1.03. The van der Waals surface area contributed by atoms with Gasteiger partial charge in [0.05, 0.1) is 11.8 Å². The van der Waals surface area contributed by atoms with E-state index in [2.05, 4.69) is 66.0 Å². The van der Waals surface area contributed by atoms with Crippen molar-refractivity contribution in [2.24, 2.45) is 5.41 Å². The molecule has 1 aromatic carbocycles. The summed E-state index contributed by atoms with van der Waals surface area (Å²) in [6, 6.07) is 10.3. The minimum Gasteiger partial charge on any atom is -0.368 e. The van der Waals surface area contributed by atoms with E-state index in [9.17, 15) is 26.9 Å². The average Bonchev–Trinajstić information content (AvgIpc) is 3.87. The number of nitrogen functional groups attached to an aromatic ring is 1. The SMILES string of the molecule is CNS(=O)(=O)N1CCN([C@@H](C)Cn2c(C#N)cc3c(C)c(CN4CCC5(CCN(c6nc(N)nc7sc(CC(F)(F)F)cc67)C5)C4)ccc32)CC1. The molecule has 0 saturated carbocycles. The van der Waals surface area contributed by atoms with E-state index in [0.717, 1.165) is 73.4 Å². The summed E-state index contributed by atoms with van der Waals surface area (Å²) in [5.41, 5.74) is 10.1. The molecule has 0 amide bonds. The summed E-state index contributed by atoms with van der Waals surface area (Å²) in [5.74, 6) is 0.691. The lowest BCUT2D eigenvalue weighted by Crippen LogP contribution is -2.54. The molecule has 3 saturated heterocycles. The first-order valence-corrected chi connectivity index (χ1v) is 19.5. The molecule has 12 nitrogen and oxygen atoms in total. The van der Waals surface area contributed by atoms with Crippen LogP contribution in [0.15, 0.2) is 24.3 Å². The molecule has 0 aliphatic carbocycles. The lowest BCUT2D eigenvalue weighted by Gasteiger charge is -2.37. The Morgan fingerprint density at radius 1 is 1.08 bits per heavy atom. The Kier molecular flexibility index (Phi) is 9.47. The van der Waals surface area contributed by atoms with E-state index >= 15 is 0 Å². The van der Waals surface area contributed by atoms with E-state index in [-0.39, 0.29) is 22.3 Å². The van der Waals surface area contributed by atoms with Crippen molar-refractivity contribution in [3.63, 3.8) is 0 Å². The largest absolute Gasteiger partial charge is 0.393 e. The second kappa shape index (κ2) is 13.5. The Bertz CT molecular complexity index is 2100. The number of piperazine rings is 1. The number of thiophene rings is 1. The molecule has 0 bridgehead atoms. The molecular formula is C34H43F3N10O2S2. The van der Waals surface area contributed by atoms with Gasteiger partial charge in [-0.3, -0.25) is 9.80 Å². The maximum atomic E-state index is 13.1. The third-order valence-corrected chi connectivity index (χ3v) is 13.6. The van der Waals surface area contributed by atoms with Crippen molar-refractivity contribution in [1.82, 2.24) is 33.4 Å². The van der Waals surface area contributed by atoms with Gasteiger partial charge in [-0.05, 0) is 62.6 Å². The maximum Gasteiger partial charge on any atom is 0.393 e. The first kappa shape index (κ1) is 35.9. The highest BCUT2D eigenvalue weighted by atomic mass is 32.2. The molecule has 3 aliphatic rings. The van der Waals surface area contributed by atoms with Gasteiger partial charge in [-0.1, -0.05) is 6.07 Å². The standard InChI is InChI=1S/C34H43F3N10O2S2/c1-22(44-10-12-46(13-11-44)51(48,49)40-3)18-47-25(17-38)14-27-23(2)24(4-5-29(27)47)19-43-8-6-33(20-43)7-9-45(21-33)30-28-15-26(16-34(35,36)37)50-31(28)42-32(39)41-30/h4-5,14-15,22,40H,6-13,16,18-21H2,1-3H3,(H2,39,41,42)/t22-,33?/m0/s1. The zero-order valence-electron chi connectivity index (χ0n) is 29.0. The molecule has 1 unspecified atom stereocenters. The highest BCUT2D eigenvalue weighted by molar-refractivity contribution is 7.87. The van der Waals surface area contributed by atoms with Crippen LogP contribution in [0.3, 0.4) is 0 Å². The number of hydrogen-bond acceptors (Lipinski definition) is 10. The van der Waals surface area contributed by atoms with Crippen LogP contribution in [-0.2, 0) is 29.7 Å². The summed E-state index contributed by atoms with van der Waals surface area (Å²) >= 11 is 1.02. The number of halogens is 3. The number of rotatable bonds is 9. The Labute approximate surface area is 299 Å². The molecule has 7 rings (SSSR count). The van der Waals surface area contributed by atoms with Gasteiger partial charge in [-0.25, -0.2) is 9.71 Å². The van der Waals surface area contributed by atoms with Gasteiger partial charge in [-0.15, -0.1) is 11.3 Å². The van der Waals surface area contributed by atoms with Gasteiger partial charge in [0.2, 0.25) is 5.95 Å². The van der Waals surface area contributed by atoms with Gasteiger partial charge < -0.3 is 15.2 Å². The number of fused-ring (bicyclic) bond motifs is 2. The highest BCUT2D eigenvalue weighted by Gasteiger charge is 2.44. The molecule has 3 aromatic heterocycles. The van der Waals surface area contributed by atoms with E-state index in [1.54, 1.807) is 6.07 Å². The minimum atomic E-state index is -4.30. The van der Waals surface area contributed by atoms with Crippen molar-refractivity contribution in [3.05, 3.63) is 46.0 Å². The Morgan fingerprint density at radius 2 is 1.82 bits per heavy atom. The molecular weight excluding hydrogens is 702 g/mol. The fraction of sp³-hybridized carbons (Fsp3) is 0.559. The predicted octanol–water partition coefficient (Wildman–Crippen LogP) is 4.09. The number of aryl methyl sites for hydroxylation is 1. The number of nitrogens with two attached hydrogens (primary N) is 1.